The predicted octanol–water partition coefficient (Wildman–Crippen LogP) is 2.69. The zero-order valence-electron chi connectivity index (χ0n) is 16.8. The number of rotatable bonds is 5. The lowest BCUT2D eigenvalue weighted by molar-refractivity contribution is 0.0302. The maximum Gasteiger partial charge on any atom is 0.257 e. The van der Waals surface area contributed by atoms with Crippen LogP contribution in [0.25, 0.3) is 17.2 Å². The van der Waals surface area contributed by atoms with E-state index in [0.717, 1.165) is 35.5 Å². The highest BCUT2D eigenvalue weighted by Gasteiger charge is 2.35. The van der Waals surface area contributed by atoms with Crippen molar-refractivity contribution >= 4 is 5.91 Å². The fourth-order valence-corrected chi connectivity index (χ4v) is 3.76. The molecule has 0 N–H and O–H groups in total. The molecule has 0 radical (unpaired) electrons. The number of ether oxygens (including phenoxy) is 2. The van der Waals surface area contributed by atoms with E-state index in [1.807, 2.05) is 35.2 Å². The van der Waals surface area contributed by atoms with Gasteiger partial charge in [-0.15, -0.1) is 0 Å². The second-order valence-corrected chi connectivity index (χ2v) is 7.51. The number of carbonyl (C=O) groups is 1. The van der Waals surface area contributed by atoms with Gasteiger partial charge in [0.25, 0.3) is 11.9 Å². The average Bonchev–Trinajstić information content (AvgIpc) is 3.57. The van der Waals surface area contributed by atoms with E-state index in [1.54, 1.807) is 24.2 Å². The third kappa shape index (κ3) is 3.54. The Morgan fingerprint density at radius 2 is 2.03 bits per heavy atom. The number of carbonyl (C=O) groups excluding carboxylic acids is 1. The second-order valence-electron chi connectivity index (χ2n) is 7.51. The van der Waals surface area contributed by atoms with Gasteiger partial charge in [-0.1, -0.05) is 12.1 Å². The van der Waals surface area contributed by atoms with Gasteiger partial charge < -0.3 is 14.4 Å². The van der Waals surface area contributed by atoms with E-state index in [4.69, 9.17) is 14.5 Å². The first-order valence-corrected chi connectivity index (χ1v) is 10.2. The van der Waals surface area contributed by atoms with Crippen molar-refractivity contribution in [2.45, 2.75) is 18.8 Å². The normalized spacial score (nSPS) is 16.5. The Morgan fingerprint density at radius 3 is 2.80 bits per heavy atom. The fourth-order valence-electron chi connectivity index (χ4n) is 3.76. The van der Waals surface area contributed by atoms with Gasteiger partial charge in [-0.2, -0.15) is 5.10 Å². The standard InChI is InChI=1S/C22H23N5O3/c1-29-17-4-2-3-16(13-17)19-7-8-23-22(25-19)27-20(15-5-6-15)18(14-24-27)21(28)26-9-11-30-12-10-26/h2-4,7-8,13-15H,5-6,9-12H2,1H3. The Bertz CT molecular complexity index is 1070. The molecule has 1 aromatic carbocycles. The molecule has 5 rings (SSSR count). The quantitative estimate of drug-likeness (QED) is 0.649. The second kappa shape index (κ2) is 7.87. The van der Waals surface area contributed by atoms with Crippen molar-refractivity contribution in [3.8, 4) is 23.0 Å². The van der Waals surface area contributed by atoms with Crippen LogP contribution >= 0.6 is 0 Å². The van der Waals surface area contributed by atoms with E-state index < -0.39 is 0 Å². The van der Waals surface area contributed by atoms with Crippen molar-refractivity contribution in [2.24, 2.45) is 0 Å². The highest BCUT2D eigenvalue weighted by atomic mass is 16.5. The summed E-state index contributed by atoms with van der Waals surface area (Å²) in [5.74, 6) is 1.56. The van der Waals surface area contributed by atoms with Crippen LogP contribution in [0.1, 0.15) is 34.8 Å². The van der Waals surface area contributed by atoms with Crippen LogP contribution in [0.5, 0.6) is 5.75 Å². The maximum absolute atomic E-state index is 13.1. The molecule has 0 bridgehead atoms. The minimum atomic E-state index is 0.00963. The Morgan fingerprint density at radius 1 is 1.20 bits per heavy atom. The molecule has 3 heterocycles. The number of amides is 1. The molecule has 2 aromatic heterocycles. The van der Waals surface area contributed by atoms with Gasteiger partial charge in [-0.25, -0.2) is 14.6 Å². The summed E-state index contributed by atoms with van der Waals surface area (Å²) in [5, 5.41) is 4.52. The third-order valence-corrected chi connectivity index (χ3v) is 5.50. The number of morpholine rings is 1. The summed E-state index contributed by atoms with van der Waals surface area (Å²) >= 11 is 0. The maximum atomic E-state index is 13.1. The minimum Gasteiger partial charge on any atom is -0.497 e. The number of benzene rings is 1. The van der Waals surface area contributed by atoms with Crippen molar-refractivity contribution < 1.29 is 14.3 Å². The summed E-state index contributed by atoms with van der Waals surface area (Å²) in [6.07, 6.45) is 5.47. The van der Waals surface area contributed by atoms with Gasteiger partial charge in [0.2, 0.25) is 0 Å². The summed E-state index contributed by atoms with van der Waals surface area (Å²) in [6, 6.07) is 9.60. The van der Waals surface area contributed by atoms with Crippen LogP contribution in [0.4, 0.5) is 0 Å². The summed E-state index contributed by atoms with van der Waals surface area (Å²) in [5.41, 5.74) is 3.27. The number of nitrogens with zero attached hydrogens (tertiary/aromatic N) is 5. The van der Waals surface area contributed by atoms with Crippen LogP contribution in [-0.4, -0.2) is 64.0 Å². The molecule has 154 valence electrons. The van der Waals surface area contributed by atoms with E-state index in [-0.39, 0.29) is 5.91 Å². The highest BCUT2D eigenvalue weighted by Crippen LogP contribution is 2.42. The molecule has 1 saturated heterocycles. The molecule has 1 aliphatic carbocycles. The summed E-state index contributed by atoms with van der Waals surface area (Å²) in [6.45, 7) is 2.36. The van der Waals surface area contributed by atoms with E-state index in [9.17, 15) is 4.79 Å². The van der Waals surface area contributed by atoms with Crippen molar-refractivity contribution in [2.75, 3.05) is 33.4 Å². The molecule has 1 saturated carbocycles. The molecule has 8 heteroatoms. The molecule has 3 aromatic rings. The van der Waals surface area contributed by atoms with Crippen LogP contribution < -0.4 is 4.74 Å². The zero-order chi connectivity index (χ0) is 20.5. The lowest BCUT2D eigenvalue weighted by Crippen LogP contribution is -2.40. The molecule has 1 amide bonds. The molecule has 2 fully saturated rings. The van der Waals surface area contributed by atoms with Crippen molar-refractivity contribution in [1.82, 2.24) is 24.6 Å². The average molecular weight is 405 g/mol. The number of methoxy groups -OCH3 is 1. The van der Waals surface area contributed by atoms with E-state index in [2.05, 4.69) is 10.1 Å². The van der Waals surface area contributed by atoms with Crippen molar-refractivity contribution in [3.05, 3.63) is 54.0 Å². The minimum absolute atomic E-state index is 0.00963. The molecule has 2 aliphatic rings. The number of hydrogen-bond donors (Lipinski definition) is 0. The Balaban J connectivity index is 1.51. The Hall–Kier alpha value is -3.26. The molecular weight excluding hydrogens is 382 g/mol. The molecule has 1 aliphatic heterocycles. The molecule has 0 spiro atoms. The van der Waals surface area contributed by atoms with E-state index in [1.165, 1.54) is 0 Å². The molecule has 30 heavy (non-hydrogen) atoms. The van der Waals surface area contributed by atoms with Gasteiger partial charge in [-0.3, -0.25) is 4.79 Å². The first-order valence-electron chi connectivity index (χ1n) is 10.2. The van der Waals surface area contributed by atoms with Crippen LogP contribution in [0.15, 0.2) is 42.7 Å². The SMILES string of the molecule is COc1cccc(-c2ccnc(-n3ncc(C(=O)N4CCOCC4)c3C3CC3)n2)c1. The zero-order valence-corrected chi connectivity index (χ0v) is 16.8. The third-order valence-electron chi connectivity index (χ3n) is 5.50. The fraction of sp³-hybridized carbons (Fsp3) is 0.364. The van der Waals surface area contributed by atoms with Gasteiger partial charge in [0, 0.05) is 30.8 Å². The first kappa shape index (κ1) is 18.7. The topological polar surface area (TPSA) is 82.4 Å². The monoisotopic (exact) mass is 405 g/mol. The van der Waals surface area contributed by atoms with E-state index >= 15 is 0 Å². The summed E-state index contributed by atoms with van der Waals surface area (Å²) < 4.78 is 12.4. The predicted molar refractivity (Wildman–Crippen MR) is 110 cm³/mol. The van der Waals surface area contributed by atoms with Crippen LogP contribution in [0.3, 0.4) is 0 Å². The van der Waals surface area contributed by atoms with Gasteiger partial charge >= 0.3 is 0 Å². The molecule has 0 atom stereocenters. The van der Waals surface area contributed by atoms with Crippen molar-refractivity contribution in [1.29, 1.82) is 0 Å². The van der Waals surface area contributed by atoms with E-state index in [0.29, 0.717) is 43.7 Å². The number of hydrogen-bond acceptors (Lipinski definition) is 6. The first-order chi connectivity index (χ1) is 14.7. The Kier molecular flexibility index (Phi) is 4.92. The van der Waals surface area contributed by atoms with Crippen molar-refractivity contribution in [3.63, 3.8) is 0 Å². The van der Waals surface area contributed by atoms with Crippen LogP contribution in [0.2, 0.25) is 0 Å². The molecule has 8 nitrogen and oxygen atoms in total. The lowest BCUT2D eigenvalue weighted by Gasteiger charge is -2.26. The summed E-state index contributed by atoms with van der Waals surface area (Å²) in [4.78, 5) is 24.1. The Labute approximate surface area is 174 Å². The highest BCUT2D eigenvalue weighted by molar-refractivity contribution is 5.95. The van der Waals surface area contributed by atoms with Crippen LogP contribution in [-0.2, 0) is 4.74 Å². The van der Waals surface area contributed by atoms with Gasteiger partial charge in [0.15, 0.2) is 0 Å². The smallest absolute Gasteiger partial charge is 0.257 e. The van der Waals surface area contributed by atoms with Gasteiger partial charge in [0.1, 0.15) is 5.75 Å². The summed E-state index contributed by atoms with van der Waals surface area (Å²) in [7, 11) is 1.64. The largest absolute Gasteiger partial charge is 0.497 e. The lowest BCUT2D eigenvalue weighted by atomic mass is 10.1. The number of aromatic nitrogens is 4. The molecule has 0 unspecified atom stereocenters. The van der Waals surface area contributed by atoms with Gasteiger partial charge in [0.05, 0.1) is 43.5 Å². The van der Waals surface area contributed by atoms with Gasteiger partial charge in [-0.05, 0) is 31.0 Å². The van der Waals surface area contributed by atoms with Crippen LogP contribution in [0, 0.1) is 0 Å². The molecular formula is C22H23N5O3.